The van der Waals surface area contributed by atoms with E-state index in [0.717, 1.165) is 32.1 Å². The Morgan fingerprint density at radius 1 is 1.04 bits per heavy atom. The molecule has 3 fully saturated rings. The molecule has 3 N–H and O–H groups in total. The van der Waals surface area contributed by atoms with Crippen LogP contribution in [-0.2, 0) is 28.7 Å². The van der Waals surface area contributed by atoms with E-state index >= 15 is 0 Å². The van der Waals surface area contributed by atoms with Crippen molar-refractivity contribution < 1.29 is 33.5 Å². The largest absolute Gasteiger partial charge is 0.381 e. The molecule has 0 radical (unpaired) electrons. The third-order valence-corrected chi connectivity index (χ3v) is 9.72. The van der Waals surface area contributed by atoms with Gasteiger partial charge in [0.15, 0.2) is 5.78 Å². The Labute approximate surface area is 276 Å². The molecule has 47 heavy (non-hydrogen) atoms. The molecule has 4 rings (SSSR count). The predicted octanol–water partition coefficient (Wildman–Crippen LogP) is 1.99. The van der Waals surface area contributed by atoms with E-state index in [1.165, 1.54) is 25.7 Å². The maximum absolute atomic E-state index is 14.4. The molecule has 13 nitrogen and oxygen atoms in total. The van der Waals surface area contributed by atoms with Crippen LogP contribution in [0.4, 0.5) is 0 Å². The molecule has 13 heteroatoms. The number of carbonyl (C=O) groups excluding carboxylic acids is 6. The number of fused-ring (bicyclic) bond motifs is 1. The molecule has 1 aromatic heterocycles. The Bertz CT molecular complexity index is 1330. The molecule has 0 spiro atoms. The van der Waals surface area contributed by atoms with Crippen molar-refractivity contribution in [2.75, 3.05) is 13.7 Å². The summed E-state index contributed by atoms with van der Waals surface area (Å²) in [4.78, 5) is 90.5. The van der Waals surface area contributed by atoms with Gasteiger partial charge in [-0.05, 0) is 56.3 Å². The van der Waals surface area contributed by atoms with Crippen LogP contribution in [0.1, 0.15) is 96.5 Å². The number of carbonyl (C=O) groups is 6. The lowest BCUT2D eigenvalue weighted by molar-refractivity contribution is -0.146. The highest BCUT2D eigenvalue weighted by molar-refractivity contribution is 6.38. The highest BCUT2D eigenvalue weighted by Gasteiger charge is 2.52. The first-order valence-corrected chi connectivity index (χ1v) is 16.8. The topological polar surface area (TPSA) is 177 Å². The zero-order chi connectivity index (χ0) is 34.5. The summed E-state index contributed by atoms with van der Waals surface area (Å²) in [5, 5.41) is 8.45. The van der Waals surface area contributed by atoms with Crippen LogP contribution in [-0.4, -0.2) is 94.0 Å². The molecule has 3 aliphatic rings. The van der Waals surface area contributed by atoms with Gasteiger partial charge in [-0.1, -0.05) is 40.5 Å². The molecule has 0 aromatic carbocycles. The molecular formula is C34H50N6O7. The van der Waals surface area contributed by atoms with Gasteiger partial charge in [-0.25, -0.2) is 4.98 Å². The monoisotopic (exact) mass is 654 g/mol. The lowest BCUT2D eigenvalue weighted by Crippen LogP contribution is -2.60. The van der Waals surface area contributed by atoms with Crippen molar-refractivity contribution in [3.63, 3.8) is 0 Å². The molecule has 4 amide bonds. The number of ether oxygens (including phenoxy) is 1. The minimum Gasteiger partial charge on any atom is -0.381 e. The number of hydrogen-bond donors (Lipinski definition) is 3. The maximum atomic E-state index is 14.4. The second-order valence-electron chi connectivity index (χ2n) is 14.3. The van der Waals surface area contributed by atoms with E-state index < -0.39 is 65.0 Å². The molecular weight excluding hydrogens is 604 g/mol. The maximum Gasteiger partial charge on any atom is 0.289 e. The lowest BCUT2D eigenvalue weighted by Gasteiger charge is -2.37. The van der Waals surface area contributed by atoms with E-state index in [0.29, 0.717) is 19.4 Å². The first-order valence-electron chi connectivity index (χ1n) is 16.8. The van der Waals surface area contributed by atoms with Crippen LogP contribution in [0.2, 0.25) is 0 Å². The van der Waals surface area contributed by atoms with Crippen molar-refractivity contribution in [3.8, 4) is 0 Å². The number of ketones is 2. The molecule has 1 aromatic rings. The van der Waals surface area contributed by atoms with Gasteiger partial charge < -0.3 is 25.6 Å². The summed E-state index contributed by atoms with van der Waals surface area (Å²) in [6.45, 7) is 9.39. The summed E-state index contributed by atoms with van der Waals surface area (Å²) >= 11 is 0. The van der Waals surface area contributed by atoms with Gasteiger partial charge in [-0.2, -0.15) is 0 Å². The van der Waals surface area contributed by atoms with Crippen molar-refractivity contribution in [1.29, 1.82) is 0 Å². The molecule has 2 aliphatic carbocycles. The third kappa shape index (κ3) is 8.79. The van der Waals surface area contributed by atoms with Crippen molar-refractivity contribution in [2.45, 2.75) is 116 Å². The molecule has 2 saturated carbocycles. The zero-order valence-electron chi connectivity index (χ0n) is 28.4. The Hall–Kier alpha value is -3.74. The van der Waals surface area contributed by atoms with Gasteiger partial charge >= 0.3 is 0 Å². The minimum absolute atomic E-state index is 0.00719. The average Bonchev–Trinajstić information content (AvgIpc) is 3.61. The summed E-state index contributed by atoms with van der Waals surface area (Å²) in [6, 6.07) is -2.86. The molecule has 258 valence electrons. The van der Waals surface area contributed by atoms with Crippen LogP contribution in [0.5, 0.6) is 0 Å². The van der Waals surface area contributed by atoms with Gasteiger partial charge in [-0.3, -0.25) is 33.8 Å². The number of amides is 4. The first-order chi connectivity index (χ1) is 22.3. The van der Waals surface area contributed by atoms with Crippen LogP contribution in [0.25, 0.3) is 0 Å². The fourth-order valence-electron chi connectivity index (χ4n) is 6.77. The smallest absolute Gasteiger partial charge is 0.289 e. The first kappa shape index (κ1) is 36.1. The van der Waals surface area contributed by atoms with E-state index in [1.807, 2.05) is 27.7 Å². The van der Waals surface area contributed by atoms with Gasteiger partial charge in [0, 0.05) is 38.5 Å². The number of rotatable bonds is 15. The van der Waals surface area contributed by atoms with E-state index in [9.17, 15) is 28.8 Å². The fraction of sp³-hybridized carbons (Fsp3) is 0.706. The minimum atomic E-state index is -1.03. The third-order valence-electron chi connectivity index (χ3n) is 9.72. The standard InChI is InChI=1S/C34H50N6O7/c1-7-9-24(28(42)32(45)37-21-12-13-21)38-31(44)27-22-11-8-10-20(22)18-40(27)33(46)29(34(3,4)5)39-30(43)23(19(2)47-6)16-26(41)25-17-35-14-15-36-25/h14-15,17,19-24,27,29H,7-13,16,18H2,1-6H3,(H,37,45)(H,38,44)(H,39,43)/t19-,20?,22+,23+,24+,27+,29-/m1/s1. The van der Waals surface area contributed by atoms with Crippen LogP contribution >= 0.6 is 0 Å². The Kier molecular flexibility index (Phi) is 11.9. The van der Waals surface area contributed by atoms with Gasteiger partial charge in [-0.15, -0.1) is 0 Å². The van der Waals surface area contributed by atoms with Crippen LogP contribution < -0.4 is 16.0 Å². The van der Waals surface area contributed by atoms with Gasteiger partial charge in [0.05, 0.1) is 24.3 Å². The van der Waals surface area contributed by atoms with Crippen LogP contribution in [0.15, 0.2) is 18.6 Å². The van der Waals surface area contributed by atoms with Crippen molar-refractivity contribution >= 4 is 35.2 Å². The summed E-state index contributed by atoms with van der Waals surface area (Å²) in [7, 11) is 1.45. The number of nitrogens with zero attached hydrogens (tertiary/aromatic N) is 3. The van der Waals surface area contributed by atoms with E-state index in [4.69, 9.17) is 4.74 Å². The summed E-state index contributed by atoms with van der Waals surface area (Å²) < 4.78 is 5.46. The number of aromatic nitrogens is 2. The molecule has 0 bridgehead atoms. The van der Waals surface area contributed by atoms with E-state index in [2.05, 4.69) is 25.9 Å². The normalized spacial score (nSPS) is 23.2. The quantitative estimate of drug-likeness (QED) is 0.189. The number of likely N-dealkylation sites (tertiary alicyclic amines) is 1. The Morgan fingerprint density at radius 2 is 1.77 bits per heavy atom. The second kappa shape index (κ2) is 15.4. The summed E-state index contributed by atoms with van der Waals surface area (Å²) in [5.41, 5.74) is -0.637. The SMILES string of the molecule is CCC[C@H](NC(=O)[C@@H]1[C@H]2CCCC2CN1C(=O)[C@@H](NC(=O)[C@@H](CC(=O)c1cnccn1)[C@@H](C)OC)C(C)(C)C)C(=O)C(=O)NC1CC1. The number of Topliss-reactive ketones (excluding diaryl/α,β-unsaturated/α-hetero) is 2. The number of methoxy groups -OCH3 is 1. The number of hydrogen-bond acceptors (Lipinski definition) is 9. The Balaban J connectivity index is 1.55. The summed E-state index contributed by atoms with van der Waals surface area (Å²) in [6.07, 6.45) is 8.42. The van der Waals surface area contributed by atoms with E-state index in [1.54, 1.807) is 11.8 Å². The van der Waals surface area contributed by atoms with Crippen molar-refractivity contribution in [1.82, 2.24) is 30.8 Å². The fourth-order valence-corrected chi connectivity index (χ4v) is 6.77. The predicted molar refractivity (Wildman–Crippen MR) is 172 cm³/mol. The molecule has 2 heterocycles. The van der Waals surface area contributed by atoms with Gasteiger partial charge in [0.2, 0.25) is 23.5 Å². The molecule has 1 unspecified atom stereocenters. The average molecular weight is 655 g/mol. The second-order valence-corrected chi connectivity index (χ2v) is 14.3. The van der Waals surface area contributed by atoms with Crippen molar-refractivity contribution in [2.24, 2.45) is 23.2 Å². The van der Waals surface area contributed by atoms with Crippen LogP contribution in [0.3, 0.4) is 0 Å². The molecule has 1 saturated heterocycles. The molecule has 7 atom stereocenters. The highest BCUT2D eigenvalue weighted by atomic mass is 16.5. The summed E-state index contributed by atoms with van der Waals surface area (Å²) in [5.74, 6) is -4.07. The Morgan fingerprint density at radius 3 is 2.36 bits per heavy atom. The zero-order valence-corrected chi connectivity index (χ0v) is 28.4. The highest BCUT2D eigenvalue weighted by Crippen LogP contribution is 2.43. The van der Waals surface area contributed by atoms with E-state index in [-0.39, 0.29) is 35.8 Å². The molecule has 1 aliphatic heterocycles. The number of nitrogens with one attached hydrogen (secondary N) is 3. The van der Waals surface area contributed by atoms with Crippen molar-refractivity contribution in [3.05, 3.63) is 24.3 Å². The van der Waals surface area contributed by atoms with Gasteiger partial charge in [0.25, 0.3) is 5.91 Å². The lowest BCUT2D eigenvalue weighted by atomic mass is 9.84. The van der Waals surface area contributed by atoms with Gasteiger partial charge in [0.1, 0.15) is 17.8 Å². The van der Waals surface area contributed by atoms with Crippen LogP contribution in [0, 0.1) is 23.2 Å².